The van der Waals surface area contributed by atoms with Gasteiger partial charge in [0.1, 0.15) is 0 Å². The van der Waals surface area contributed by atoms with Crippen molar-refractivity contribution >= 4 is 10.2 Å². The third-order valence-corrected chi connectivity index (χ3v) is 5.16. The molecule has 0 aromatic carbocycles. The second kappa shape index (κ2) is 6.81. The highest BCUT2D eigenvalue weighted by atomic mass is 32.2. The average molecular weight is 279 g/mol. The number of aliphatic hydroxyl groups excluding tert-OH is 1. The molecule has 1 aliphatic rings. The maximum absolute atomic E-state index is 12.2. The Balaban J connectivity index is 2.61. The monoisotopic (exact) mass is 279 g/mol. The molecule has 1 aliphatic heterocycles. The fraction of sp³-hybridized carbons (Fsp3) is 1.00. The van der Waals surface area contributed by atoms with Gasteiger partial charge in [-0.15, -0.1) is 0 Å². The van der Waals surface area contributed by atoms with Crippen molar-refractivity contribution < 1.29 is 13.5 Å². The second-order valence-corrected chi connectivity index (χ2v) is 6.82. The molecule has 2 atom stereocenters. The van der Waals surface area contributed by atoms with Gasteiger partial charge < -0.3 is 10.0 Å². The standard InChI is InChI=1S/C11H25N3O3S/c1-10(13(2)3)8-12-18(16,17)14-7-5-4-6-11(14)9-15/h10-12,15H,4-9H2,1-3H3. The summed E-state index contributed by atoms with van der Waals surface area (Å²) in [5.41, 5.74) is 0. The molecule has 108 valence electrons. The first-order valence-corrected chi connectivity index (χ1v) is 7.86. The summed E-state index contributed by atoms with van der Waals surface area (Å²) < 4.78 is 28.4. The number of piperidine rings is 1. The van der Waals surface area contributed by atoms with Crippen LogP contribution in [0.5, 0.6) is 0 Å². The number of hydrogen-bond acceptors (Lipinski definition) is 4. The van der Waals surface area contributed by atoms with Crippen molar-refractivity contribution in [3.05, 3.63) is 0 Å². The normalized spacial score (nSPS) is 24.4. The molecular formula is C11H25N3O3S. The van der Waals surface area contributed by atoms with Crippen LogP contribution in [-0.4, -0.2) is 68.6 Å². The zero-order valence-electron chi connectivity index (χ0n) is 11.5. The molecule has 0 amide bonds. The van der Waals surface area contributed by atoms with Crippen LogP contribution in [0.3, 0.4) is 0 Å². The van der Waals surface area contributed by atoms with Gasteiger partial charge in [-0.1, -0.05) is 6.42 Å². The van der Waals surface area contributed by atoms with Gasteiger partial charge in [0.2, 0.25) is 0 Å². The lowest BCUT2D eigenvalue weighted by molar-refractivity contribution is 0.153. The van der Waals surface area contributed by atoms with Gasteiger partial charge in [0, 0.05) is 25.2 Å². The lowest BCUT2D eigenvalue weighted by atomic mass is 10.1. The third kappa shape index (κ3) is 4.17. The van der Waals surface area contributed by atoms with Crippen LogP contribution >= 0.6 is 0 Å². The van der Waals surface area contributed by atoms with Crippen molar-refractivity contribution in [2.75, 3.05) is 33.8 Å². The van der Waals surface area contributed by atoms with Crippen LogP contribution in [0.2, 0.25) is 0 Å². The molecular weight excluding hydrogens is 254 g/mol. The molecule has 0 radical (unpaired) electrons. The molecule has 0 bridgehead atoms. The zero-order valence-corrected chi connectivity index (χ0v) is 12.3. The molecule has 6 nitrogen and oxygen atoms in total. The van der Waals surface area contributed by atoms with E-state index in [0.29, 0.717) is 13.1 Å². The molecule has 18 heavy (non-hydrogen) atoms. The van der Waals surface area contributed by atoms with E-state index in [2.05, 4.69) is 4.72 Å². The van der Waals surface area contributed by atoms with Gasteiger partial charge in [-0.3, -0.25) is 0 Å². The van der Waals surface area contributed by atoms with Crippen LogP contribution in [0.25, 0.3) is 0 Å². The van der Waals surface area contributed by atoms with Gasteiger partial charge >= 0.3 is 0 Å². The van der Waals surface area contributed by atoms with Gasteiger partial charge in [-0.25, -0.2) is 4.72 Å². The van der Waals surface area contributed by atoms with Crippen LogP contribution in [-0.2, 0) is 10.2 Å². The van der Waals surface area contributed by atoms with E-state index in [4.69, 9.17) is 0 Å². The summed E-state index contributed by atoms with van der Waals surface area (Å²) in [6.07, 6.45) is 2.58. The highest BCUT2D eigenvalue weighted by Gasteiger charge is 2.31. The molecule has 1 saturated heterocycles. The van der Waals surface area contributed by atoms with Crippen molar-refractivity contribution in [2.24, 2.45) is 0 Å². The quantitative estimate of drug-likeness (QED) is 0.695. The summed E-state index contributed by atoms with van der Waals surface area (Å²) in [5, 5.41) is 9.25. The summed E-state index contributed by atoms with van der Waals surface area (Å²) in [6, 6.07) is -0.136. The minimum Gasteiger partial charge on any atom is -0.395 e. The smallest absolute Gasteiger partial charge is 0.279 e. The molecule has 7 heteroatoms. The Morgan fingerprint density at radius 2 is 2.11 bits per heavy atom. The predicted molar refractivity (Wildman–Crippen MR) is 71.5 cm³/mol. The molecule has 1 fully saturated rings. The fourth-order valence-corrected chi connectivity index (χ4v) is 3.52. The van der Waals surface area contributed by atoms with Crippen molar-refractivity contribution in [2.45, 2.75) is 38.3 Å². The number of likely N-dealkylation sites (N-methyl/N-ethyl adjacent to an activating group) is 1. The van der Waals surface area contributed by atoms with Crippen LogP contribution in [0, 0.1) is 0 Å². The Morgan fingerprint density at radius 1 is 1.44 bits per heavy atom. The van der Waals surface area contributed by atoms with E-state index in [-0.39, 0.29) is 18.7 Å². The van der Waals surface area contributed by atoms with Gasteiger partial charge in [0.05, 0.1) is 6.61 Å². The molecule has 1 rings (SSSR count). The minimum atomic E-state index is -3.48. The number of nitrogens with zero attached hydrogens (tertiary/aromatic N) is 2. The molecule has 0 saturated carbocycles. The van der Waals surface area contributed by atoms with E-state index in [0.717, 1.165) is 19.3 Å². The number of aliphatic hydroxyl groups is 1. The fourth-order valence-electron chi connectivity index (χ4n) is 1.96. The average Bonchev–Trinajstić information content (AvgIpc) is 2.35. The van der Waals surface area contributed by atoms with E-state index in [1.54, 1.807) is 0 Å². The van der Waals surface area contributed by atoms with Crippen molar-refractivity contribution in [1.82, 2.24) is 13.9 Å². The summed E-state index contributed by atoms with van der Waals surface area (Å²) >= 11 is 0. The van der Waals surface area contributed by atoms with Gasteiger partial charge in [0.25, 0.3) is 10.2 Å². The second-order valence-electron chi connectivity index (χ2n) is 5.11. The summed E-state index contributed by atoms with van der Waals surface area (Å²) in [4.78, 5) is 1.96. The molecule has 0 aromatic heterocycles. The van der Waals surface area contributed by atoms with Gasteiger partial charge in [0.15, 0.2) is 0 Å². The minimum absolute atomic E-state index is 0.107. The van der Waals surface area contributed by atoms with Crippen molar-refractivity contribution in [1.29, 1.82) is 0 Å². The third-order valence-electron chi connectivity index (χ3n) is 3.54. The van der Waals surface area contributed by atoms with E-state index in [1.165, 1.54) is 4.31 Å². The topological polar surface area (TPSA) is 72.9 Å². The molecule has 2 unspecified atom stereocenters. The molecule has 0 spiro atoms. The molecule has 0 aromatic rings. The lowest BCUT2D eigenvalue weighted by Crippen LogP contribution is -2.52. The molecule has 0 aliphatic carbocycles. The summed E-state index contributed by atoms with van der Waals surface area (Å²) in [7, 11) is 0.350. The Morgan fingerprint density at radius 3 is 2.67 bits per heavy atom. The van der Waals surface area contributed by atoms with E-state index in [1.807, 2.05) is 25.9 Å². The SMILES string of the molecule is CC(CNS(=O)(=O)N1CCCCC1CO)N(C)C. The number of hydrogen-bond donors (Lipinski definition) is 2. The predicted octanol–water partition coefficient (Wildman–Crippen LogP) is -0.382. The zero-order chi connectivity index (χ0) is 13.8. The first kappa shape index (κ1) is 15.8. The van der Waals surface area contributed by atoms with Gasteiger partial charge in [-0.05, 0) is 33.9 Å². The largest absolute Gasteiger partial charge is 0.395 e. The number of rotatable bonds is 6. The molecule has 2 N–H and O–H groups in total. The Hall–Kier alpha value is -0.210. The van der Waals surface area contributed by atoms with Crippen LogP contribution in [0.1, 0.15) is 26.2 Å². The van der Waals surface area contributed by atoms with Crippen molar-refractivity contribution in [3.63, 3.8) is 0 Å². The Labute approximate surface area is 110 Å². The maximum atomic E-state index is 12.2. The van der Waals surface area contributed by atoms with E-state index >= 15 is 0 Å². The Kier molecular flexibility index (Phi) is 6.00. The first-order chi connectivity index (χ1) is 8.38. The van der Waals surface area contributed by atoms with Crippen LogP contribution in [0.4, 0.5) is 0 Å². The van der Waals surface area contributed by atoms with E-state index in [9.17, 15) is 13.5 Å². The molecule has 1 heterocycles. The number of nitrogens with one attached hydrogen (secondary N) is 1. The maximum Gasteiger partial charge on any atom is 0.279 e. The Bertz CT molecular complexity index is 345. The van der Waals surface area contributed by atoms with E-state index < -0.39 is 10.2 Å². The summed E-state index contributed by atoms with van der Waals surface area (Å²) in [5.74, 6) is 0. The highest BCUT2D eigenvalue weighted by Crippen LogP contribution is 2.19. The van der Waals surface area contributed by atoms with Crippen molar-refractivity contribution in [3.8, 4) is 0 Å². The van der Waals surface area contributed by atoms with Gasteiger partial charge in [-0.2, -0.15) is 12.7 Å². The highest BCUT2D eigenvalue weighted by molar-refractivity contribution is 7.87. The van der Waals surface area contributed by atoms with Crippen LogP contribution < -0.4 is 4.72 Å². The lowest BCUT2D eigenvalue weighted by Gasteiger charge is -2.34. The summed E-state index contributed by atoms with van der Waals surface area (Å²) in [6.45, 7) is 2.73. The van der Waals surface area contributed by atoms with Crippen LogP contribution in [0.15, 0.2) is 0 Å². The first-order valence-electron chi connectivity index (χ1n) is 6.42.